The van der Waals surface area contributed by atoms with Crippen LogP contribution < -0.4 is 0 Å². The average Bonchev–Trinajstić information content (AvgIpc) is 3.05. The molecule has 0 saturated carbocycles. The Bertz CT molecular complexity index is 1330. The van der Waals surface area contributed by atoms with E-state index < -0.39 is 23.1 Å². The zero-order valence-electron chi connectivity index (χ0n) is 21.1. The van der Waals surface area contributed by atoms with Gasteiger partial charge >= 0.3 is 0 Å². The van der Waals surface area contributed by atoms with E-state index in [0.29, 0.717) is 22.3 Å². The van der Waals surface area contributed by atoms with Crippen LogP contribution in [0.2, 0.25) is 0 Å². The number of hydrogen-bond donors (Lipinski definition) is 0. The number of rotatable bonds is 6. The lowest BCUT2D eigenvalue weighted by molar-refractivity contribution is -0.112. The molecule has 36 heavy (non-hydrogen) atoms. The summed E-state index contributed by atoms with van der Waals surface area (Å²) in [6.45, 7) is 7.76. The molecule has 0 amide bonds. The van der Waals surface area contributed by atoms with Gasteiger partial charge in [-0.3, -0.25) is 19.2 Å². The second kappa shape index (κ2) is 11.5. The second-order valence-corrected chi connectivity index (χ2v) is 9.40. The van der Waals surface area contributed by atoms with Gasteiger partial charge in [-0.05, 0) is 20.3 Å². The van der Waals surface area contributed by atoms with Crippen molar-refractivity contribution in [2.45, 2.75) is 34.1 Å². The van der Waals surface area contributed by atoms with Crippen LogP contribution >= 0.6 is 0 Å². The number of benzene rings is 2. The molecule has 2 aliphatic carbocycles. The third kappa shape index (κ3) is 6.48. The zero-order chi connectivity index (χ0) is 26.3. The van der Waals surface area contributed by atoms with Gasteiger partial charge in [-0.15, -0.1) is 0 Å². The van der Waals surface area contributed by atoms with Gasteiger partial charge in [-0.2, -0.15) is 0 Å². The maximum absolute atomic E-state index is 12.2. The van der Waals surface area contributed by atoms with Crippen molar-refractivity contribution in [3.63, 3.8) is 0 Å². The molecule has 0 aliphatic heterocycles. The van der Waals surface area contributed by atoms with Crippen molar-refractivity contribution in [1.82, 2.24) is 0 Å². The number of carbonyl (C=O) groups excluding carboxylic acids is 4. The van der Waals surface area contributed by atoms with E-state index in [2.05, 4.69) is 0 Å². The normalized spacial score (nSPS) is 15.2. The molecule has 0 heterocycles. The van der Waals surface area contributed by atoms with Gasteiger partial charge in [0.25, 0.3) is 0 Å². The van der Waals surface area contributed by atoms with Crippen LogP contribution in [0.4, 0.5) is 0 Å². The molecule has 2 aliphatic rings. The van der Waals surface area contributed by atoms with E-state index in [1.165, 1.54) is 0 Å². The Hall–Kier alpha value is -4.18. The summed E-state index contributed by atoms with van der Waals surface area (Å²) in [5.41, 5.74) is 3.68. The summed E-state index contributed by atoms with van der Waals surface area (Å²) in [6, 6.07) is 14.1. The summed E-state index contributed by atoms with van der Waals surface area (Å²) in [6.07, 6.45) is 15.3. The molecule has 2 aromatic rings. The van der Waals surface area contributed by atoms with E-state index >= 15 is 0 Å². The van der Waals surface area contributed by atoms with Crippen molar-refractivity contribution >= 4 is 23.1 Å². The van der Waals surface area contributed by atoms with Crippen molar-refractivity contribution < 1.29 is 19.2 Å². The lowest BCUT2D eigenvalue weighted by Gasteiger charge is -2.18. The summed E-state index contributed by atoms with van der Waals surface area (Å²) < 4.78 is 0. The smallest absolute Gasteiger partial charge is 0.233 e. The van der Waals surface area contributed by atoms with E-state index in [0.717, 1.165) is 17.5 Å². The Morgan fingerprint density at radius 1 is 0.639 bits per heavy atom. The van der Waals surface area contributed by atoms with E-state index in [9.17, 15) is 19.2 Å². The van der Waals surface area contributed by atoms with Gasteiger partial charge in [-0.1, -0.05) is 122 Å². The highest BCUT2D eigenvalue weighted by Gasteiger charge is 2.32. The van der Waals surface area contributed by atoms with Crippen LogP contribution in [0.25, 0.3) is 0 Å². The number of Topliss-reactive ketones (excluding diaryl/α,β-unsaturated/α-hetero) is 4. The molecule has 0 bridgehead atoms. The van der Waals surface area contributed by atoms with Crippen LogP contribution in [-0.4, -0.2) is 23.1 Å². The zero-order valence-corrected chi connectivity index (χ0v) is 21.1. The summed E-state index contributed by atoms with van der Waals surface area (Å²) in [7, 11) is 0. The Morgan fingerprint density at radius 2 is 1.17 bits per heavy atom. The number of ketones is 4. The molecule has 0 N–H and O–H groups in total. The average molecular weight is 479 g/mol. The van der Waals surface area contributed by atoms with Gasteiger partial charge in [0, 0.05) is 27.7 Å². The van der Waals surface area contributed by atoms with Crippen LogP contribution in [0.5, 0.6) is 0 Å². The minimum Gasteiger partial charge on any atom is -0.285 e. The van der Waals surface area contributed by atoms with Crippen LogP contribution in [0.15, 0.2) is 108 Å². The van der Waals surface area contributed by atoms with Gasteiger partial charge in [-0.25, -0.2) is 0 Å². The second-order valence-electron chi connectivity index (χ2n) is 9.40. The molecule has 4 heteroatoms. The predicted octanol–water partition coefficient (Wildman–Crippen LogP) is 6.46. The van der Waals surface area contributed by atoms with Gasteiger partial charge < -0.3 is 0 Å². The molecule has 182 valence electrons. The highest BCUT2D eigenvalue weighted by Crippen LogP contribution is 2.33. The summed E-state index contributed by atoms with van der Waals surface area (Å²) in [4.78, 5) is 48.4. The van der Waals surface area contributed by atoms with E-state index in [1.807, 2.05) is 76.3 Å². The van der Waals surface area contributed by atoms with Crippen LogP contribution in [-0.2, 0) is 9.59 Å². The molecular weight excluding hydrogens is 448 g/mol. The molecule has 4 nitrogen and oxygen atoms in total. The van der Waals surface area contributed by atoms with Crippen molar-refractivity contribution in [3.8, 4) is 0 Å². The van der Waals surface area contributed by atoms with Crippen LogP contribution in [0.3, 0.4) is 0 Å². The molecule has 0 aromatic heterocycles. The lowest BCUT2D eigenvalue weighted by Crippen LogP contribution is -2.24. The standard InChI is InChI=1S/C16H16O2.C16H14O2/c1-11-6-8-12(9-7-11)14(17)15(18)13-5-4-10-16(13,2)3;1-12-8-10-14(11-9-12)16(18)15(17)13-6-4-2-3-5-7-13/h4-10H,1-3H3;2,4-11H,3H2,1H3. The Kier molecular flexibility index (Phi) is 8.44. The monoisotopic (exact) mass is 478 g/mol. The Morgan fingerprint density at radius 3 is 1.67 bits per heavy atom. The minimum absolute atomic E-state index is 0.350. The minimum atomic E-state index is -0.457. The maximum atomic E-state index is 12.2. The molecule has 0 fully saturated rings. The third-order valence-electron chi connectivity index (χ3n) is 6.00. The van der Waals surface area contributed by atoms with Gasteiger partial charge in [0.2, 0.25) is 23.1 Å². The summed E-state index contributed by atoms with van der Waals surface area (Å²) >= 11 is 0. The number of hydrogen-bond acceptors (Lipinski definition) is 4. The largest absolute Gasteiger partial charge is 0.285 e. The van der Waals surface area contributed by atoms with Gasteiger partial charge in [0.05, 0.1) is 0 Å². The van der Waals surface area contributed by atoms with Crippen molar-refractivity contribution in [3.05, 3.63) is 131 Å². The first-order valence-electron chi connectivity index (χ1n) is 11.8. The maximum Gasteiger partial charge on any atom is 0.233 e. The first kappa shape index (κ1) is 26.4. The molecule has 4 rings (SSSR count). The van der Waals surface area contributed by atoms with Crippen LogP contribution in [0, 0.1) is 19.3 Å². The van der Waals surface area contributed by atoms with E-state index in [1.54, 1.807) is 48.6 Å². The van der Waals surface area contributed by atoms with Crippen molar-refractivity contribution in [1.29, 1.82) is 0 Å². The van der Waals surface area contributed by atoms with E-state index in [4.69, 9.17) is 0 Å². The predicted molar refractivity (Wildman–Crippen MR) is 143 cm³/mol. The fraction of sp³-hybridized carbons (Fsp3) is 0.188. The number of carbonyl (C=O) groups is 4. The lowest BCUT2D eigenvalue weighted by atomic mass is 9.83. The fourth-order valence-electron chi connectivity index (χ4n) is 3.71. The summed E-state index contributed by atoms with van der Waals surface area (Å²) in [5.74, 6) is -1.75. The van der Waals surface area contributed by atoms with Gasteiger partial charge in [0.15, 0.2) is 0 Å². The SMILES string of the molecule is Cc1ccc(C(=O)C(=O)C2=CC=CC2(C)C)cc1.Cc1ccc(C(=O)C(=O)C2=CC=CCC=C2)cc1. The highest BCUT2D eigenvalue weighted by atomic mass is 16.2. The molecule has 0 saturated heterocycles. The summed E-state index contributed by atoms with van der Waals surface area (Å²) in [5, 5.41) is 0. The van der Waals surface area contributed by atoms with Crippen LogP contribution in [0.1, 0.15) is 52.1 Å². The topological polar surface area (TPSA) is 68.3 Å². The van der Waals surface area contributed by atoms with Gasteiger partial charge in [0.1, 0.15) is 0 Å². The van der Waals surface area contributed by atoms with Crippen molar-refractivity contribution in [2.75, 3.05) is 0 Å². The third-order valence-corrected chi connectivity index (χ3v) is 6.00. The molecule has 0 spiro atoms. The highest BCUT2D eigenvalue weighted by molar-refractivity contribution is 6.50. The number of allylic oxidation sites excluding steroid dienone is 10. The first-order chi connectivity index (χ1) is 17.1. The first-order valence-corrected chi connectivity index (χ1v) is 11.8. The van der Waals surface area contributed by atoms with Crippen molar-refractivity contribution in [2.24, 2.45) is 5.41 Å². The molecule has 2 aromatic carbocycles. The Labute approximate surface area is 212 Å². The molecule has 0 radical (unpaired) electrons. The number of aryl methyl sites for hydroxylation is 2. The molecule has 0 atom stereocenters. The quantitative estimate of drug-likeness (QED) is 0.353. The molecule has 0 unspecified atom stereocenters. The fourth-order valence-corrected chi connectivity index (χ4v) is 3.71. The van der Waals surface area contributed by atoms with E-state index in [-0.39, 0.29) is 5.41 Å². The molecular formula is C32H30O4. The Balaban J connectivity index is 0.000000201.